The molecule has 0 aromatic carbocycles. The van der Waals surface area contributed by atoms with Gasteiger partial charge in [-0.25, -0.2) is 12.1 Å². The van der Waals surface area contributed by atoms with Gasteiger partial charge in [-0.2, -0.15) is 6.07 Å². The van der Waals surface area contributed by atoms with Crippen molar-refractivity contribution in [1.29, 1.82) is 0 Å². The van der Waals surface area contributed by atoms with Crippen LogP contribution in [0.2, 0.25) is 0 Å². The Balaban J connectivity index is 0.000000189. The van der Waals surface area contributed by atoms with Crippen LogP contribution >= 0.6 is 0 Å². The molecule has 1 saturated heterocycles. The molecule has 60 valence electrons. The molecule has 0 aliphatic carbocycles. The third-order valence-corrected chi connectivity index (χ3v) is 1.47. The maximum atomic E-state index is 3.73. The van der Waals surface area contributed by atoms with Gasteiger partial charge in [0.05, 0.1) is 0 Å². The fraction of sp³-hybridized carbons (Fsp3) is 0.444. The van der Waals surface area contributed by atoms with Crippen molar-refractivity contribution >= 4 is 0 Å². The van der Waals surface area contributed by atoms with E-state index in [2.05, 4.69) is 16.4 Å². The molecular weight excluding hydrogens is 159 g/mol. The molecule has 0 atom stereocenters. The smallest absolute Gasteiger partial charge is 0.317 e. The minimum absolute atomic E-state index is 0. The average Bonchev–Trinajstić information content (AvgIpc) is 2.64. The van der Waals surface area contributed by atoms with E-state index >= 15 is 0 Å². The Morgan fingerprint density at radius 3 is 2.17 bits per heavy atom. The van der Waals surface area contributed by atoms with Crippen molar-refractivity contribution in [1.82, 2.24) is 10.3 Å². The Bertz CT molecular complexity index is 129. The van der Waals surface area contributed by atoms with Crippen molar-refractivity contribution in [3.8, 4) is 0 Å². The quantitative estimate of drug-likeness (QED) is 0.371. The third-order valence-electron chi connectivity index (χ3n) is 1.47. The molecule has 1 aliphatic heterocycles. The molecule has 1 fully saturated rings. The van der Waals surface area contributed by atoms with E-state index in [1.807, 2.05) is 12.1 Å². The van der Waals surface area contributed by atoms with Crippen molar-refractivity contribution in [2.45, 2.75) is 12.8 Å². The summed E-state index contributed by atoms with van der Waals surface area (Å²) < 4.78 is 0. The second kappa shape index (κ2) is 9.20. The normalized spacial score (nSPS) is 14.0. The summed E-state index contributed by atoms with van der Waals surface area (Å²) in [6.07, 6.45) is 6.12. The first-order chi connectivity index (χ1) is 5.50. The second-order valence-electron chi connectivity index (χ2n) is 2.41. The van der Waals surface area contributed by atoms with Gasteiger partial charge in [0.2, 0.25) is 0 Å². The molecule has 1 N–H and O–H groups in total. The van der Waals surface area contributed by atoms with Gasteiger partial charge in [0.15, 0.2) is 0 Å². The number of pyridine rings is 1. The zero-order valence-electron chi connectivity index (χ0n) is 7.59. The Morgan fingerprint density at radius 2 is 2.00 bits per heavy atom. The van der Waals surface area contributed by atoms with Crippen LogP contribution in [-0.4, -0.2) is 18.1 Å². The van der Waals surface area contributed by atoms with Gasteiger partial charge in [0, 0.05) is 0 Å². The van der Waals surface area contributed by atoms with Crippen LogP contribution in [0.3, 0.4) is 0 Å². The molecule has 2 heterocycles. The first-order valence-corrected chi connectivity index (χ1v) is 3.97. The van der Waals surface area contributed by atoms with E-state index in [1.54, 1.807) is 12.4 Å². The van der Waals surface area contributed by atoms with Gasteiger partial charge >= 0.3 is 29.6 Å². The van der Waals surface area contributed by atoms with Crippen LogP contribution in [0.25, 0.3) is 0 Å². The molecule has 1 aromatic rings. The molecule has 0 saturated carbocycles. The Hall–Kier alpha value is 0.110. The molecule has 0 unspecified atom stereocenters. The molecule has 0 radical (unpaired) electrons. The number of nitrogens with one attached hydrogen (secondary N) is 1. The van der Waals surface area contributed by atoms with Crippen LogP contribution in [0.1, 0.15) is 12.8 Å². The van der Waals surface area contributed by atoms with E-state index in [1.165, 1.54) is 25.9 Å². The maximum Gasteiger partial charge on any atom is 1.00 e. The molecule has 1 aromatic heterocycles. The largest absolute Gasteiger partial charge is 1.00 e. The first kappa shape index (κ1) is 12.1. The van der Waals surface area contributed by atoms with Gasteiger partial charge in [0.1, 0.15) is 0 Å². The Kier molecular flexibility index (Phi) is 9.28. The summed E-state index contributed by atoms with van der Waals surface area (Å²) in [4.78, 5) is 3.73. The maximum absolute atomic E-state index is 3.73. The van der Waals surface area contributed by atoms with E-state index < -0.39 is 0 Å². The first-order valence-electron chi connectivity index (χ1n) is 3.97. The monoisotopic (exact) mass is 172 g/mol. The predicted molar refractivity (Wildman–Crippen MR) is 45.2 cm³/mol. The molecule has 0 bridgehead atoms. The fourth-order valence-corrected chi connectivity index (χ4v) is 0.902. The van der Waals surface area contributed by atoms with Gasteiger partial charge in [-0.3, -0.25) is 0 Å². The molecule has 2 nitrogen and oxygen atoms in total. The van der Waals surface area contributed by atoms with Crippen molar-refractivity contribution in [3.05, 3.63) is 30.6 Å². The zero-order valence-corrected chi connectivity index (χ0v) is 9.59. The minimum Gasteiger partial charge on any atom is -0.317 e. The van der Waals surface area contributed by atoms with Crippen LogP contribution in [-0.2, 0) is 0 Å². The SMILES string of the molecule is C1CCNC1.[Na+].[c-]1cccnc1. The van der Waals surface area contributed by atoms with Gasteiger partial charge in [-0.15, -0.1) is 0 Å². The van der Waals surface area contributed by atoms with Gasteiger partial charge in [-0.05, 0) is 25.9 Å². The average molecular weight is 172 g/mol. The van der Waals surface area contributed by atoms with Crippen molar-refractivity contribution in [2.75, 3.05) is 13.1 Å². The third kappa shape index (κ3) is 6.80. The summed E-state index contributed by atoms with van der Waals surface area (Å²) in [5.74, 6) is 0. The topological polar surface area (TPSA) is 24.9 Å². The van der Waals surface area contributed by atoms with E-state index in [0.29, 0.717) is 0 Å². The van der Waals surface area contributed by atoms with Crippen molar-refractivity contribution in [2.24, 2.45) is 0 Å². The van der Waals surface area contributed by atoms with E-state index in [9.17, 15) is 0 Å². The van der Waals surface area contributed by atoms with E-state index in [-0.39, 0.29) is 29.6 Å². The summed E-state index contributed by atoms with van der Waals surface area (Å²) in [5, 5.41) is 3.22. The Labute approximate surface area is 96.1 Å². The minimum atomic E-state index is 0. The second-order valence-corrected chi connectivity index (χ2v) is 2.41. The summed E-state index contributed by atoms with van der Waals surface area (Å²) in [6, 6.07) is 6.43. The van der Waals surface area contributed by atoms with Crippen LogP contribution in [0.4, 0.5) is 0 Å². The van der Waals surface area contributed by atoms with Crippen molar-refractivity contribution in [3.63, 3.8) is 0 Å². The van der Waals surface area contributed by atoms with Crippen LogP contribution in [0.5, 0.6) is 0 Å². The standard InChI is InChI=1S/C5H4N.C4H9N.Na/c1-2-4-6-5-3-1;1-2-4-5-3-1;/h1-2,4-5H;5H,1-4H2;/q-1;;+1. The van der Waals surface area contributed by atoms with E-state index in [0.717, 1.165) is 0 Å². The summed E-state index contributed by atoms with van der Waals surface area (Å²) >= 11 is 0. The summed E-state index contributed by atoms with van der Waals surface area (Å²) in [7, 11) is 0. The molecule has 12 heavy (non-hydrogen) atoms. The molecule has 0 spiro atoms. The molecule has 3 heteroatoms. The van der Waals surface area contributed by atoms with Crippen LogP contribution < -0.4 is 34.9 Å². The summed E-state index contributed by atoms with van der Waals surface area (Å²) in [5.41, 5.74) is 0. The fourth-order valence-electron chi connectivity index (χ4n) is 0.902. The summed E-state index contributed by atoms with van der Waals surface area (Å²) in [6.45, 7) is 2.50. The molecule has 0 amide bonds. The molecule has 2 rings (SSSR count). The molecular formula is C9H13N2Na. The number of rotatable bonds is 0. The Morgan fingerprint density at radius 1 is 1.25 bits per heavy atom. The number of nitrogens with zero attached hydrogens (tertiary/aromatic N) is 1. The number of hydrogen-bond acceptors (Lipinski definition) is 2. The van der Waals surface area contributed by atoms with Gasteiger partial charge < -0.3 is 10.3 Å². The van der Waals surface area contributed by atoms with E-state index in [4.69, 9.17) is 0 Å². The van der Waals surface area contributed by atoms with Crippen LogP contribution in [0.15, 0.2) is 24.5 Å². The predicted octanol–water partition coefficient (Wildman–Crippen LogP) is -1.74. The van der Waals surface area contributed by atoms with Gasteiger partial charge in [-0.1, -0.05) is 12.4 Å². The van der Waals surface area contributed by atoms with Crippen LogP contribution in [0, 0.1) is 6.07 Å². The molecule has 1 aliphatic rings. The number of aromatic nitrogens is 1. The zero-order chi connectivity index (χ0) is 7.78. The van der Waals surface area contributed by atoms with Crippen molar-refractivity contribution < 1.29 is 29.6 Å². The number of hydrogen-bond donors (Lipinski definition) is 1. The van der Waals surface area contributed by atoms with Gasteiger partial charge in [0.25, 0.3) is 0 Å².